The summed E-state index contributed by atoms with van der Waals surface area (Å²) in [4.78, 5) is 0. The highest BCUT2D eigenvalue weighted by Gasteiger charge is 2.15. The van der Waals surface area contributed by atoms with Gasteiger partial charge < -0.3 is 5.11 Å². The number of aromatic nitrogens is 2. The Hall–Kier alpha value is -0.830. The predicted octanol–water partition coefficient (Wildman–Crippen LogP) is 2.38. The first-order valence-electron chi connectivity index (χ1n) is 6.14. The van der Waals surface area contributed by atoms with Crippen molar-refractivity contribution in [3.05, 3.63) is 17.0 Å². The Labute approximate surface area is 98.5 Å². The zero-order valence-electron chi connectivity index (χ0n) is 11.1. The van der Waals surface area contributed by atoms with Crippen molar-refractivity contribution in [3.63, 3.8) is 0 Å². The lowest BCUT2D eigenvalue weighted by Gasteiger charge is -2.16. The van der Waals surface area contributed by atoms with Gasteiger partial charge in [-0.3, -0.25) is 4.68 Å². The Bertz CT molecular complexity index is 344. The lowest BCUT2D eigenvalue weighted by Crippen LogP contribution is -2.17. The second kappa shape index (κ2) is 5.48. The van der Waals surface area contributed by atoms with E-state index in [0.717, 1.165) is 25.0 Å². The molecule has 0 saturated carbocycles. The molecule has 1 N–H and O–H groups in total. The minimum atomic E-state index is -0.191. The molecule has 1 heterocycles. The molecule has 16 heavy (non-hydrogen) atoms. The van der Waals surface area contributed by atoms with Crippen molar-refractivity contribution in [1.82, 2.24) is 9.78 Å². The van der Waals surface area contributed by atoms with Crippen molar-refractivity contribution in [2.24, 2.45) is 13.0 Å². The van der Waals surface area contributed by atoms with Gasteiger partial charge in [-0.15, -0.1) is 0 Å². The SMILES string of the molecule is CCC(C)C(O)CCc1c(C)nn(C)c1C. The molecule has 0 aliphatic carbocycles. The van der Waals surface area contributed by atoms with E-state index in [4.69, 9.17) is 0 Å². The summed E-state index contributed by atoms with van der Waals surface area (Å²) in [5, 5.41) is 14.3. The zero-order chi connectivity index (χ0) is 12.3. The lowest BCUT2D eigenvalue weighted by atomic mass is 9.95. The van der Waals surface area contributed by atoms with Gasteiger partial charge in [-0.05, 0) is 38.2 Å². The average Bonchev–Trinajstić information content (AvgIpc) is 2.49. The summed E-state index contributed by atoms with van der Waals surface area (Å²) in [6, 6.07) is 0. The van der Waals surface area contributed by atoms with Crippen LogP contribution >= 0.6 is 0 Å². The van der Waals surface area contributed by atoms with Gasteiger partial charge in [0.05, 0.1) is 11.8 Å². The Morgan fingerprint density at radius 1 is 1.38 bits per heavy atom. The maximum absolute atomic E-state index is 9.94. The van der Waals surface area contributed by atoms with E-state index in [1.165, 1.54) is 11.3 Å². The number of nitrogens with zero attached hydrogens (tertiary/aromatic N) is 2. The molecule has 1 aromatic rings. The number of aliphatic hydroxyl groups is 1. The third-order valence-electron chi connectivity index (χ3n) is 3.65. The summed E-state index contributed by atoms with van der Waals surface area (Å²) in [5.74, 6) is 0.386. The molecule has 0 spiro atoms. The van der Waals surface area contributed by atoms with Crippen molar-refractivity contribution in [2.75, 3.05) is 0 Å². The van der Waals surface area contributed by atoms with Gasteiger partial charge in [-0.25, -0.2) is 0 Å². The molecule has 3 nitrogen and oxygen atoms in total. The highest BCUT2D eigenvalue weighted by Crippen LogP contribution is 2.18. The van der Waals surface area contributed by atoms with Crippen LogP contribution in [0.2, 0.25) is 0 Å². The van der Waals surface area contributed by atoms with Gasteiger partial charge in [0.15, 0.2) is 0 Å². The van der Waals surface area contributed by atoms with Crippen LogP contribution in [0.15, 0.2) is 0 Å². The molecule has 0 bridgehead atoms. The minimum Gasteiger partial charge on any atom is -0.393 e. The second-order valence-corrected chi connectivity index (χ2v) is 4.76. The molecule has 1 rings (SSSR count). The standard InChI is InChI=1S/C13H24N2O/c1-6-9(2)13(16)8-7-12-10(3)14-15(5)11(12)4/h9,13,16H,6-8H2,1-5H3. The van der Waals surface area contributed by atoms with Gasteiger partial charge in [-0.2, -0.15) is 5.10 Å². The highest BCUT2D eigenvalue weighted by molar-refractivity contribution is 5.24. The van der Waals surface area contributed by atoms with Gasteiger partial charge in [0, 0.05) is 12.7 Å². The van der Waals surface area contributed by atoms with E-state index in [2.05, 4.69) is 25.9 Å². The summed E-state index contributed by atoms with van der Waals surface area (Å²) in [6.07, 6.45) is 2.61. The first-order chi connectivity index (χ1) is 7.47. The Kier molecular flexibility index (Phi) is 4.54. The monoisotopic (exact) mass is 224 g/mol. The molecule has 0 amide bonds. The van der Waals surface area contributed by atoms with Crippen molar-refractivity contribution >= 4 is 0 Å². The fraction of sp³-hybridized carbons (Fsp3) is 0.769. The van der Waals surface area contributed by atoms with Gasteiger partial charge in [0.1, 0.15) is 0 Å². The minimum absolute atomic E-state index is 0.191. The van der Waals surface area contributed by atoms with Gasteiger partial charge in [0.2, 0.25) is 0 Å². The van der Waals surface area contributed by atoms with Crippen LogP contribution in [0.5, 0.6) is 0 Å². The first-order valence-corrected chi connectivity index (χ1v) is 6.14. The lowest BCUT2D eigenvalue weighted by molar-refractivity contribution is 0.106. The summed E-state index contributed by atoms with van der Waals surface area (Å²) >= 11 is 0. The van der Waals surface area contributed by atoms with Crippen LogP contribution in [0.3, 0.4) is 0 Å². The highest BCUT2D eigenvalue weighted by atomic mass is 16.3. The van der Waals surface area contributed by atoms with E-state index in [-0.39, 0.29) is 6.10 Å². The number of aliphatic hydroxyl groups excluding tert-OH is 1. The molecule has 1 aromatic heterocycles. The predicted molar refractivity (Wildman–Crippen MR) is 66.5 cm³/mol. The molecular formula is C13H24N2O. The van der Waals surface area contributed by atoms with Crippen molar-refractivity contribution < 1.29 is 5.11 Å². The smallest absolute Gasteiger partial charge is 0.0628 e. The summed E-state index contributed by atoms with van der Waals surface area (Å²) in [5.41, 5.74) is 3.61. The molecule has 92 valence electrons. The number of rotatable bonds is 5. The molecule has 3 heteroatoms. The maximum Gasteiger partial charge on any atom is 0.0628 e. The van der Waals surface area contributed by atoms with Crippen LogP contribution in [-0.4, -0.2) is 21.0 Å². The molecular weight excluding hydrogens is 200 g/mol. The molecule has 0 aromatic carbocycles. The van der Waals surface area contributed by atoms with E-state index in [1.54, 1.807) is 0 Å². The molecule has 0 saturated heterocycles. The topological polar surface area (TPSA) is 38.1 Å². The normalized spacial score (nSPS) is 15.1. The molecule has 2 unspecified atom stereocenters. The van der Waals surface area contributed by atoms with Crippen molar-refractivity contribution in [2.45, 2.75) is 53.1 Å². The number of aryl methyl sites for hydroxylation is 2. The molecule has 0 fully saturated rings. The van der Waals surface area contributed by atoms with E-state index in [9.17, 15) is 5.11 Å². The summed E-state index contributed by atoms with van der Waals surface area (Å²) < 4.78 is 1.92. The molecule has 0 aliphatic heterocycles. The Morgan fingerprint density at radius 2 is 2.00 bits per heavy atom. The molecule has 2 atom stereocenters. The fourth-order valence-electron chi connectivity index (χ4n) is 2.03. The van der Waals surface area contributed by atoms with Crippen LogP contribution in [0.4, 0.5) is 0 Å². The van der Waals surface area contributed by atoms with Crippen LogP contribution in [0.25, 0.3) is 0 Å². The Balaban J connectivity index is 2.61. The molecule has 0 aliphatic rings. The second-order valence-electron chi connectivity index (χ2n) is 4.76. The van der Waals surface area contributed by atoms with E-state index in [0.29, 0.717) is 5.92 Å². The Morgan fingerprint density at radius 3 is 2.44 bits per heavy atom. The van der Waals surface area contributed by atoms with Crippen LogP contribution in [0.1, 0.15) is 43.6 Å². The van der Waals surface area contributed by atoms with E-state index < -0.39 is 0 Å². The number of hydrogen-bond donors (Lipinski definition) is 1. The van der Waals surface area contributed by atoms with Crippen molar-refractivity contribution in [1.29, 1.82) is 0 Å². The van der Waals surface area contributed by atoms with Crippen LogP contribution in [0, 0.1) is 19.8 Å². The maximum atomic E-state index is 9.94. The van der Waals surface area contributed by atoms with E-state index in [1.807, 2.05) is 18.7 Å². The van der Waals surface area contributed by atoms with E-state index >= 15 is 0 Å². The van der Waals surface area contributed by atoms with Crippen LogP contribution < -0.4 is 0 Å². The van der Waals surface area contributed by atoms with Crippen LogP contribution in [-0.2, 0) is 13.5 Å². The van der Waals surface area contributed by atoms with Gasteiger partial charge in [-0.1, -0.05) is 20.3 Å². The zero-order valence-corrected chi connectivity index (χ0v) is 11.1. The first kappa shape index (κ1) is 13.2. The quantitative estimate of drug-likeness (QED) is 0.834. The average molecular weight is 224 g/mol. The third kappa shape index (κ3) is 2.85. The molecule has 0 radical (unpaired) electrons. The largest absolute Gasteiger partial charge is 0.393 e. The fourth-order valence-corrected chi connectivity index (χ4v) is 2.03. The number of hydrogen-bond acceptors (Lipinski definition) is 2. The third-order valence-corrected chi connectivity index (χ3v) is 3.65. The van der Waals surface area contributed by atoms with Gasteiger partial charge in [0.25, 0.3) is 0 Å². The van der Waals surface area contributed by atoms with Crippen molar-refractivity contribution in [3.8, 4) is 0 Å². The summed E-state index contributed by atoms with van der Waals surface area (Å²) in [6.45, 7) is 8.35. The summed E-state index contributed by atoms with van der Waals surface area (Å²) in [7, 11) is 1.97. The van der Waals surface area contributed by atoms with Gasteiger partial charge >= 0.3 is 0 Å².